The van der Waals surface area contributed by atoms with E-state index in [1.807, 2.05) is 0 Å². The van der Waals surface area contributed by atoms with E-state index in [0.717, 1.165) is 6.21 Å². The Morgan fingerprint density at radius 2 is 2.19 bits per heavy atom. The molecule has 0 aliphatic carbocycles. The molecule has 84 valence electrons. The number of benzene rings is 1. The minimum absolute atomic E-state index is 0.343. The summed E-state index contributed by atoms with van der Waals surface area (Å²) in [6.07, 6.45) is 1.10. The number of nitrogens with zero attached hydrogens (tertiary/aromatic N) is 1. The highest BCUT2D eigenvalue weighted by molar-refractivity contribution is 6.62. The molecule has 0 spiro atoms. The van der Waals surface area contributed by atoms with Crippen molar-refractivity contribution in [3.63, 3.8) is 0 Å². The Labute approximate surface area is 92.5 Å². The summed E-state index contributed by atoms with van der Waals surface area (Å²) in [6.45, 7) is 3.37. The fourth-order valence-corrected chi connectivity index (χ4v) is 2.02. The fraction of sp³-hybridized carbons (Fsp3) is 0.300. The molecule has 0 saturated carbocycles. The summed E-state index contributed by atoms with van der Waals surface area (Å²) >= 11 is 0. The van der Waals surface area contributed by atoms with Crippen molar-refractivity contribution >= 4 is 18.8 Å². The van der Waals surface area contributed by atoms with E-state index in [4.69, 9.17) is 9.86 Å². The van der Waals surface area contributed by atoms with Gasteiger partial charge in [0, 0.05) is 5.56 Å². The molecule has 4 nitrogen and oxygen atoms in total. The van der Waals surface area contributed by atoms with Gasteiger partial charge >= 0.3 is 7.12 Å². The average molecular weight is 223 g/mol. The van der Waals surface area contributed by atoms with Crippen molar-refractivity contribution in [1.82, 2.24) is 0 Å². The van der Waals surface area contributed by atoms with E-state index in [1.54, 1.807) is 13.8 Å². The van der Waals surface area contributed by atoms with Crippen LogP contribution in [-0.4, -0.2) is 23.6 Å². The summed E-state index contributed by atoms with van der Waals surface area (Å²) < 4.78 is 19.1. The fourth-order valence-electron chi connectivity index (χ4n) is 2.02. The van der Waals surface area contributed by atoms with Crippen molar-refractivity contribution in [2.45, 2.75) is 19.4 Å². The van der Waals surface area contributed by atoms with Gasteiger partial charge in [0.15, 0.2) is 0 Å². The van der Waals surface area contributed by atoms with E-state index >= 15 is 0 Å². The molecular formula is C10H11BFNO3. The van der Waals surface area contributed by atoms with Crippen molar-refractivity contribution < 1.29 is 19.3 Å². The molecule has 2 N–H and O–H groups in total. The Hall–Kier alpha value is -1.40. The number of halogens is 1. The smallest absolute Gasteiger partial charge is 0.423 e. The molecule has 0 radical (unpaired) electrons. The number of rotatable bonds is 1. The second-order valence-corrected chi connectivity index (χ2v) is 4.19. The number of fused-ring (bicyclic) bond motifs is 1. The van der Waals surface area contributed by atoms with Gasteiger partial charge in [0.25, 0.3) is 0 Å². The van der Waals surface area contributed by atoms with E-state index < -0.39 is 18.5 Å². The van der Waals surface area contributed by atoms with Gasteiger partial charge in [-0.15, -0.1) is 0 Å². The van der Waals surface area contributed by atoms with Gasteiger partial charge in [-0.3, -0.25) is 0 Å². The quantitative estimate of drug-likeness (QED) is 0.317. The van der Waals surface area contributed by atoms with E-state index in [1.165, 1.54) is 12.1 Å². The van der Waals surface area contributed by atoms with Gasteiger partial charge in [-0.05, 0) is 30.9 Å². The molecule has 0 unspecified atom stereocenters. The van der Waals surface area contributed by atoms with Gasteiger partial charge in [-0.25, -0.2) is 4.39 Å². The predicted octanol–water partition coefficient (Wildman–Crippen LogP) is 0.587. The van der Waals surface area contributed by atoms with Gasteiger partial charge in [0.2, 0.25) is 0 Å². The number of oxime groups is 1. The van der Waals surface area contributed by atoms with Crippen LogP contribution in [0.5, 0.6) is 0 Å². The SMILES string of the molecule is CC1(C)OB(O)c2cc(/C=N/O)cc(F)c21. The lowest BCUT2D eigenvalue weighted by Crippen LogP contribution is -2.29. The maximum Gasteiger partial charge on any atom is 0.492 e. The van der Waals surface area contributed by atoms with Crippen LogP contribution < -0.4 is 5.46 Å². The van der Waals surface area contributed by atoms with Crippen LogP contribution in [0.1, 0.15) is 25.0 Å². The van der Waals surface area contributed by atoms with Crippen molar-refractivity contribution in [1.29, 1.82) is 0 Å². The van der Waals surface area contributed by atoms with Crippen LogP contribution in [0.15, 0.2) is 17.3 Å². The van der Waals surface area contributed by atoms with E-state index in [9.17, 15) is 9.41 Å². The van der Waals surface area contributed by atoms with Crippen molar-refractivity contribution in [2.24, 2.45) is 5.16 Å². The molecule has 0 amide bonds. The zero-order valence-electron chi connectivity index (χ0n) is 8.94. The van der Waals surface area contributed by atoms with Crippen LogP contribution in [0.3, 0.4) is 0 Å². The third kappa shape index (κ3) is 1.60. The van der Waals surface area contributed by atoms with Gasteiger partial charge < -0.3 is 14.9 Å². The second-order valence-electron chi connectivity index (χ2n) is 4.19. The second kappa shape index (κ2) is 3.57. The topological polar surface area (TPSA) is 62.0 Å². The molecule has 0 atom stereocenters. The van der Waals surface area contributed by atoms with E-state index in [2.05, 4.69) is 5.16 Å². The highest BCUT2D eigenvalue weighted by Gasteiger charge is 2.42. The summed E-state index contributed by atoms with van der Waals surface area (Å²) in [7, 11) is -1.15. The lowest BCUT2D eigenvalue weighted by Gasteiger charge is -2.20. The molecule has 0 fully saturated rings. The molecule has 2 rings (SSSR count). The molecule has 1 heterocycles. The minimum Gasteiger partial charge on any atom is -0.423 e. The molecule has 1 aromatic rings. The van der Waals surface area contributed by atoms with E-state index in [0.29, 0.717) is 16.6 Å². The molecule has 1 aliphatic rings. The van der Waals surface area contributed by atoms with Crippen LogP contribution in [0, 0.1) is 5.82 Å². The summed E-state index contributed by atoms with van der Waals surface area (Å²) in [5.41, 5.74) is 0.238. The Kier molecular flexibility index (Phi) is 2.48. The molecule has 0 bridgehead atoms. The molecule has 1 aromatic carbocycles. The lowest BCUT2D eigenvalue weighted by molar-refractivity contribution is 0.0974. The van der Waals surface area contributed by atoms with Gasteiger partial charge in [-0.1, -0.05) is 11.2 Å². The van der Waals surface area contributed by atoms with Gasteiger partial charge in [0.05, 0.1) is 11.8 Å². The molecular weight excluding hydrogens is 212 g/mol. The average Bonchev–Trinajstić information content (AvgIpc) is 2.37. The standard InChI is InChI=1S/C10H11BFNO3/c1-10(2)9-7(11(14)16-10)3-6(5-13-15)4-8(9)12/h3-5,14-15H,1-2H3/b13-5+. The Morgan fingerprint density at radius 1 is 1.50 bits per heavy atom. The maximum atomic E-state index is 13.8. The molecule has 6 heteroatoms. The van der Waals surface area contributed by atoms with Gasteiger partial charge in [-0.2, -0.15) is 0 Å². The van der Waals surface area contributed by atoms with Crippen LogP contribution in [0.25, 0.3) is 0 Å². The van der Waals surface area contributed by atoms with Crippen LogP contribution in [-0.2, 0) is 10.3 Å². The predicted molar refractivity (Wildman–Crippen MR) is 57.5 cm³/mol. The first-order valence-electron chi connectivity index (χ1n) is 4.83. The third-order valence-corrected chi connectivity index (χ3v) is 2.62. The molecule has 0 aromatic heterocycles. The van der Waals surface area contributed by atoms with Crippen molar-refractivity contribution in [3.05, 3.63) is 29.1 Å². The lowest BCUT2D eigenvalue weighted by atomic mass is 9.77. The Balaban J connectivity index is 2.62. The number of hydrogen-bond donors (Lipinski definition) is 2. The van der Waals surface area contributed by atoms with Crippen LogP contribution in [0.2, 0.25) is 0 Å². The van der Waals surface area contributed by atoms with Crippen molar-refractivity contribution in [3.8, 4) is 0 Å². The zero-order valence-corrected chi connectivity index (χ0v) is 8.94. The third-order valence-electron chi connectivity index (χ3n) is 2.62. The summed E-state index contributed by atoms with van der Waals surface area (Å²) in [4.78, 5) is 0. The molecule has 16 heavy (non-hydrogen) atoms. The maximum absolute atomic E-state index is 13.8. The minimum atomic E-state index is -1.15. The first-order chi connectivity index (χ1) is 7.45. The first kappa shape index (κ1) is 11.1. The normalized spacial score (nSPS) is 18.1. The molecule has 0 saturated heterocycles. The number of hydrogen-bond acceptors (Lipinski definition) is 4. The summed E-state index contributed by atoms with van der Waals surface area (Å²) in [5, 5.41) is 20.8. The van der Waals surface area contributed by atoms with E-state index in [-0.39, 0.29) is 0 Å². The molecule has 1 aliphatic heterocycles. The Morgan fingerprint density at radius 3 is 2.81 bits per heavy atom. The van der Waals surface area contributed by atoms with Gasteiger partial charge in [0.1, 0.15) is 5.82 Å². The van der Waals surface area contributed by atoms with Crippen LogP contribution >= 0.6 is 0 Å². The zero-order chi connectivity index (χ0) is 11.9. The highest BCUT2D eigenvalue weighted by Crippen LogP contribution is 2.31. The van der Waals surface area contributed by atoms with Crippen molar-refractivity contribution in [2.75, 3.05) is 0 Å². The first-order valence-corrected chi connectivity index (χ1v) is 4.83. The largest absolute Gasteiger partial charge is 0.492 e. The summed E-state index contributed by atoms with van der Waals surface area (Å²) in [5.74, 6) is -0.478. The summed E-state index contributed by atoms with van der Waals surface area (Å²) in [6, 6.07) is 2.78. The monoisotopic (exact) mass is 223 g/mol. The highest BCUT2D eigenvalue weighted by atomic mass is 19.1. The van der Waals surface area contributed by atoms with Crippen LogP contribution in [0.4, 0.5) is 4.39 Å². The Bertz CT molecular complexity index is 462.